The number of carbonyl (C=O) groups is 1. The standard InChI is InChI=1S/C14H19N5O/c1-18(2)14(20)11-9-17-19-12(5-8-16-13(11)19)10-3-6-15-7-4-10/h5,8-10,15H,3-4,6-7H2,1-2H3. The van der Waals surface area contributed by atoms with Crippen LogP contribution in [0.2, 0.25) is 0 Å². The van der Waals surface area contributed by atoms with Gasteiger partial charge in [0.25, 0.3) is 5.91 Å². The minimum absolute atomic E-state index is 0.0602. The van der Waals surface area contributed by atoms with E-state index in [1.54, 1.807) is 31.4 Å². The summed E-state index contributed by atoms with van der Waals surface area (Å²) in [7, 11) is 3.48. The minimum atomic E-state index is -0.0602. The topological polar surface area (TPSA) is 62.5 Å². The highest BCUT2D eigenvalue weighted by atomic mass is 16.2. The second-order valence-corrected chi connectivity index (χ2v) is 5.39. The Bertz CT molecular complexity index is 628. The molecule has 1 N–H and O–H groups in total. The lowest BCUT2D eigenvalue weighted by molar-refractivity contribution is 0.0829. The molecule has 1 saturated heterocycles. The van der Waals surface area contributed by atoms with Crippen LogP contribution in [0, 0.1) is 0 Å². The Kier molecular flexibility index (Phi) is 3.40. The maximum Gasteiger partial charge on any atom is 0.258 e. The number of carbonyl (C=O) groups excluding carboxylic acids is 1. The molecule has 0 unspecified atom stereocenters. The van der Waals surface area contributed by atoms with Gasteiger partial charge < -0.3 is 10.2 Å². The number of fused-ring (bicyclic) bond motifs is 1. The third-order valence-electron chi connectivity index (χ3n) is 3.82. The highest BCUT2D eigenvalue weighted by Gasteiger charge is 2.21. The lowest BCUT2D eigenvalue weighted by Crippen LogP contribution is -2.27. The summed E-state index contributed by atoms with van der Waals surface area (Å²) in [5.74, 6) is 0.416. The normalized spacial score (nSPS) is 16.5. The molecular formula is C14H19N5O. The average molecular weight is 273 g/mol. The SMILES string of the molecule is CN(C)C(=O)c1cnn2c(C3CCNCC3)ccnc12. The summed E-state index contributed by atoms with van der Waals surface area (Å²) >= 11 is 0. The maximum atomic E-state index is 12.1. The van der Waals surface area contributed by atoms with Crippen molar-refractivity contribution in [3.8, 4) is 0 Å². The molecule has 0 aromatic carbocycles. The van der Waals surface area contributed by atoms with E-state index in [0.717, 1.165) is 31.6 Å². The number of aromatic nitrogens is 3. The van der Waals surface area contributed by atoms with Crippen molar-refractivity contribution in [2.75, 3.05) is 27.2 Å². The summed E-state index contributed by atoms with van der Waals surface area (Å²) in [4.78, 5) is 18.0. The summed E-state index contributed by atoms with van der Waals surface area (Å²) in [5, 5.41) is 7.75. The van der Waals surface area contributed by atoms with E-state index in [4.69, 9.17) is 0 Å². The van der Waals surface area contributed by atoms with Gasteiger partial charge in [-0.25, -0.2) is 9.50 Å². The third kappa shape index (κ3) is 2.16. The minimum Gasteiger partial charge on any atom is -0.345 e. The van der Waals surface area contributed by atoms with E-state index in [2.05, 4.69) is 15.4 Å². The molecule has 0 aliphatic carbocycles. The Labute approximate surface area is 117 Å². The van der Waals surface area contributed by atoms with E-state index in [9.17, 15) is 4.79 Å². The van der Waals surface area contributed by atoms with Gasteiger partial charge in [0.15, 0.2) is 5.65 Å². The van der Waals surface area contributed by atoms with Crippen LogP contribution in [0.4, 0.5) is 0 Å². The van der Waals surface area contributed by atoms with Crippen molar-refractivity contribution in [3.05, 3.63) is 29.7 Å². The third-order valence-corrected chi connectivity index (χ3v) is 3.82. The molecule has 3 heterocycles. The number of hydrogen-bond donors (Lipinski definition) is 1. The van der Waals surface area contributed by atoms with Gasteiger partial charge in [0.1, 0.15) is 5.56 Å². The van der Waals surface area contributed by atoms with E-state index in [1.807, 2.05) is 10.6 Å². The van der Waals surface area contributed by atoms with Gasteiger partial charge in [-0.3, -0.25) is 4.79 Å². The first-order valence-corrected chi connectivity index (χ1v) is 6.93. The summed E-state index contributed by atoms with van der Waals surface area (Å²) in [6.45, 7) is 2.05. The second kappa shape index (κ2) is 5.20. The van der Waals surface area contributed by atoms with Crippen LogP contribution in [-0.4, -0.2) is 52.6 Å². The smallest absolute Gasteiger partial charge is 0.258 e. The van der Waals surface area contributed by atoms with Gasteiger partial charge in [-0.05, 0) is 32.0 Å². The zero-order valence-corrected chi connectivity index (χ0v) is 11.8. The molecule has 0 radical (unpaired) electrons. The van der Waals surface area contributed by atoms with E-state index in [0.29, 0.717) is 17.1 Å². The monoisotopic (exact) mass is 273 g/mol. The molecule has 0 spiro atoms. The predicted molar refractivity (Wildman–Crippen MR) is 75.8 cm³/mol. The Morgan fingerprint density at radius 3 is 2.85 bits per heavy atom. The van der Waals surface area contributed by atoms with Crippen molar-refractivity contribution >= 4 is 11.6 Å². The van der Waals surface area contributed by atoms with Crippen LogP contribution in [0.1, 0.15) is 34.8 Å². The van der Waals surface area contributed by atoms with Crippen molar-refractivity contribution in [2.24, 2.45) is 0 Å². The molecule has 106 valence electrons. The summed E-state index contributed by atoms with van der Waals surface area (Å²) < 4.78 is 1.83. The highest BCUT2D eigenvalue weighted by Crippen LogP contribution is 2.25. The van der Waals surface area contributed by atoms with Gasteiger partial charge in [0, 0.05) is 31.9 Å². The fourth-order valence-electron chi connectivity index (χ4n) is 2.73. The molecule has 1 aliphatic heterocycles. The van der Waals surface area contributed by atoms with Crippen LogP contribution in [0.3, 0.4) is 0 Å². The first-order chi connectivity index (χ1) is 9.68. The number of piperidine rings is 1. The van der Waals surface area contributed by atoms with Crippen LogP contribution >= 0.6 is 0 Å². The quantitative estimate of drug-likeness (QED) is 0.883. The highest BCUT2D eigenvalue weighted by molar-refractivity contribution is 5.99. The first-order valence-electron chi connectivity index (χ1n) is 6.93. The molecule has 0 bridgehead atoms. The van der Waals surface area contributed by atoms with E-state index >= 15 is 0 Å². The summed E-state index contributed by atoms with van der Waals surface area (Å²) in [5.41, 5.74) is 2.36. The van der Waals surface area contributed by atoms with E-state index < -0.39 is 0 Å². The number of rotatable bonds is 2. The summed E-state index contributed by atoms with van der Waals surface area (Å²) in [6.07, 6.45) is 5.59. The Hall–Kier alpha value is -1.95. The molecule has 6 heteroatoms. The van der Waals surface area contributed by atoms with Gasteiger partial charge in [-0.1, -0.05) is 0 Å². The fraction of sp³-hybridized carbons (Fsp3) is 0.500. The van der Waals surface area contributed by atoms with E-state index in [-0.39, 0.29) is 5.91 Å². The molecule has 2 aromatic heterocycles. The number of nitrogens with zero attached hydrogens (tertiary/aromatic N) is 4. The van der Waals surface area contributed by atoms with Crippen molar-refractivity contribution in [1.82, 2.24) is 24.8 Å². The first kappa shape index (κ1) is 13.1. The van der Waals surface area contributed by atoms with Gasteiger partial charge in [-0.2, -0.15) is 5.10 Å². The fourth-order valence-corrected chi connectivity index (χ4v) is 2.73. The van der Waals surface area contributed by atoms with Crippen LogP contribution in [0.15, 0.2) is 18.5 Å². The van der Waals surface area contributed by atoms with Crippen molar-refractivity contribution < 1.29 is 4.79 Å². The zero-order valence-electron chi connectivity index (χ0n) is 11.8. The number of amides is 1. The van der Waals surface area contributed by atoms with Gasteiger partial charge >= 0.3 is 0 Å². The van der Waals surface area contributed by atoms with E-state index in [1.165, 1.54) is 0 Å². The van der Waals surface area contributed by atoms with Gasteiger partial charge in [0.05, 0.1) is 6.20 Å². The largest absolute Gasteiger partial charge is 0.345 e. The second-order valence-electron chi connectivity index (χ2n) is 5.39. The molecule has 1 fully saturated rings. The van der Waals surface area contributed by atoms with Crippen LogP contribution in [0.5, 0.6) is 0 Å². The summed E-state index contributed by atoms with van der Waals surface area (Å²) in [6, 6.07) is 2.01. The predicted octanol–water partition coefficient (Wildman–Crippen LogP) is 0.898. The lowest BCUT2D eigenvalue weighted by Gasteiger charge is -2.23. The number of hydrogen-bond acceptors (Lipinski definition) is 4. The molecular weight excluding hydrogens is 254 g/mol. The average Bonchev–Trinajstić information content (AvgIpc) is 2.91. The molecule has 20 heavy (non-hydrogen) atoms. The van der Waals surface area contributed by atoms with Crippen molar-refractivity contribution in [3.63, 3.8) is 0 Å². The van der Waals surface area contributed by atoms with Crippen LogP contribution in [0.25, 0.3) is 5.65 Å². The Morgan fingerprint density at radius 1 is 1.40 bits per heavy atom. The van der Waals surface area contributed by atoms with Crippen LogP contribution < -0.4 is 5.32 Å². The maximum absolute atomic E-state index is 12.1. The molecule has 1 amide bonds. The molecule has 3 rings (SSSR count). The van der Waals surface area contributed by atoms with Crippen LogP contribution in [-0.2, 0) is 0 Å². The van der Waals surface area contributed by atoms with Gasteiger partial charge in [-0.15, -0.1) is 0 Å². The van der Waals surface area contributed by atoms with Gasteiger partial charge in [0.2, 0.25) is 0 Å². The molecule has 1 aliphatic rings. The molecule has 6 nitrogen and oxygen atoms in total. The molecule has 0 saturated carbocycles. The van der Waals surface area contributed by atoms with Crippen molar-refractivity contribution in [2.45, 2.75) is 18.8 Å². The molecule has 2 aromatic rings. The van der Waals surface area contributed by atoms with Crippen molar-refractivity contribution in [1.29, 1.82) is 0 Å². The Balaban J connectivity index is 2.05. The molecule has 0 atom stereocenters. The Morgan fingerprint density at radius 2 is 2.15 bits per heavy atom. The zero-order chi connectivity index (χ0) is 14.1. The lowest BCUT2D eigenvalue weighted by atomic mass is 9.94. The number of nitrogens with one attached hydrogen (secondary N) is 1.